The number of likely N-dealkylation sites (tertiary alicyclic amines) is 1. The summed E-state index contributed by atoms with van der Waals surface area (Å²) in [6.07, 6.45) is -2.33. The van der Waals surface area contributed by atoms with E-state index < -0.39 is 11.7 Å². The van der Waals surface area contributed by atoms with Gasteiger partial charge in [0.2, 0.25) is 0 Å². The molecule has 128 valence electrons. The van der Waals surface area contributed by atoms with Gasteiger partial charge in [0.25, 0.3) is 0 Å². The number of nitrogens with zero attached hydrogens (tertiary/aromatic N) is 1. The Bertz CT molecular complexity index is 651. The number of hydrogen-bond acceptors (Lipinski definition) is 2. The van der Waals surface area contributed by atoms with Gasteiger partial charge in [-0.15, -0.1) is 0 Å². The first kappa shape index (κ1) is 16.8. The highest BCUT2D eigenvalue weighted by molar-refractivity contribution is 5.31. The average molecular weight is 335 g/mol. The monoisotopic (exact) mass is 335 g/mol. The Morgan fingerprint density at radius 3 is 2.33 bits per heavy atom. The van der Waals surface area contributed by atoms with Crippen LogP contribution < -0.4 is 4.74 Å². The minimum Gasteiger partial charge on any atom is -0.484 e. The lowest BCUT2D eigenvalue weighted by molar-refractivity contribution is -0.137. The number of hydrogen-bond donors (Lipinski definition) is 0. The third kappa shape index (κ3) is 4.29. The SMILES string of the molecule is FC(F)(F)c1cccc(O[C@@H](CN2CCCC2)c2ccccc2)c1. The number of halogens is 3. The Morgan fingerprint density at radius 1 is 0.958 bits per heavy atom. The van der Waals surface area contributed by atoms with Crippen molar-refractivity contribution in [2.45, 2.75) is 25.1 Å². The van der Waals surface area contributed by atoms with Gasteiger partial charge in [0.05, 0.1) is 5.56 Å². The summed E-state index contributed by atoms with van der Waals surface area (Å²) in [5.74, 6) is 0.248. The Balaban J connectivity index is 1.81. The Kier molecular flexibility index (Phi) is 5.09. The first-order valence-corrected chi connectivity index (χ1v) is 8.13. The minimum absolute atomic E-state index is 0.248. The van der Waals surface area contributed by atoms with Crippen LogP contribution in [0.1, 0.15) is 30.1 Å². The summed E-state index contributed by atoms with van der Waals surface area (Å²) in [5, 5.41) is 0. The van der Waals surface area contributed by atoms with Crippen LogP contribution in [-0.2, 0) is 6.18 Å². The van der Waals surface area contributed by atoms with Gasteiger partial charge in [0.1, 0.15) is 11.9 Å². The largest absolute Gasteiger partial charge is 0.484 e. The lowest BCUT2D eigenvalue weighted by atomic mass is 10.1. The van der Waals surface area contributed by atoms with Gasteiger partial charge in [0, 0.05) is 6.54 Å². The molecule has 2 nitrogen and oxygen atoms in total. The molecule has 2 aromatic carbocycles. The van der Waals surface area contributed by atoms with E-state index in [1.165, 1.54) is 6.07 Å². The van der Waals surface area contributed by atoms with Gasteiger partial charge < -0.3 is 4.74 Å². The zero-order valence-corrected chi connectivity index (χ0v) is 13.3. The van der Waals surface area contributed by atoms with Crippen LogP contribution in [0.5, 0.6) is 5.75 Å². The van der Waals surface area contributed by atoms with Crippen LogP contribution in [0.3, 0.4) is 0 Å². The summed E-state index contributed by atoms with van der Waals surface area (Å²) in [5.41, 5.74) is 0.287. The van der Waals surface area contributed by atoms with Gasteiger partial charge in [-0.25, -0.2) is 0 Å². The fraction of sp³-hybridized carbons (Fsp3) is 0.368. The molecule has 24 heavy (non-hydrogen) atoms. The van der Waals surface area contributed by atoms with Gasteiger partial charge in [-0.05, 0) is 49.7 Å². The highest BCUT2D eigenvalue weighted by Crippen LogP contribution is 2.33. The number of alkyl halides is 3. The smallest absolute Gasteiger partial charge is 0.416 e. The Morgan fingerprint density at radius 2 is 1.67 bits per heavy atom. The zero-order valence-electron chi connectivity index (χ0n) is 13.3. The van der Waals surface area contributed by atoms with E-state index in [4.69, 9.17) is 4.74 Å². The zero-order chi connectivity index (χ0) is 17.0. The van der Waals surface area contributed by atoms with Crippen molar-refractivity contribution >= 4 is 0 Å². The van der Waals surface area contributed by atoms with Gasteiger partial charge in [-0.1, -0.05) is 36.4 Å². The van der Waals surface area contributed by atoms with E-state index in [0.717, 1.165) is 43.6 Å². The molecule has 3 rings (SSSR count). The van der Waals surface area contributed by atoms with Crippen LogP contribution in [0.4, 0.5) is 13.2 Å². The molecule has 1 fully saturated rings. The summed E-state index contributed by atoms with van der Waals surface area (Å²) in [4.78, 5) is 2.30. The van der Waals surface area contributed by atoms with Crippen LogP contribution in [0.15, 0.2) is 54.6 Å². The molecule has 0 spiro atoms. The molecule has 1 aliphatic heterocycles. The molecule has 0 bridgehead atoms. The maximum Gasteiger partial charge on any atom is 0.416 e. The highest BCUT2D eigenvalue weighted by atomic mass is 19.4. The second-order valence-electron chi connectivity index (χ2n) is 6.05. The molecule has 0 unspecified atom stereocenters. The van der Waals surface area contributed by atoms with Crippen molar-refractivity contribution in [1.82, 2.24) is 4.90 Å². The summed E-state index contributed by atoms with van der Waals surface area (Å²) in [6.45, 7) is 2.70. The van der Waals surface area contributed by atoms with E-state index in [-0.39, 0.29) is 11.9 Å². The van der Waals surface area contributed by atoms with E-state index in [1.54, 1.807) is 6.07 Å². The molecule has 0 saturated carbocycles. The standard InChI is InChI=1S/C19H20F3NO/c20-19(21,22)16-9-6-10-17(13-16)24-18(14-23-11-4-5-12-23)15-7-2-1-3-8-15/h1-3,6-10,13,18H,4-5,11-12,14H2/t18-/m0/s1. The van der Waals surface area contributed by atoms with Gasteiger partial charge in [-0.2, -0.15) is 13.2 Å². The van der Waals surface area contributed by atoms with E-state index in [2.05, 4.69) is 4.90 Å². The second-order valence-corrected chi connectivity index (χ2v) is 6.05. The van der Waals surface area contributed by atoms with Crippen LogP contribution >= 0.6 is 0 Å². The molecule has 0 aromatic heterocycles. The van der Waals surface area contributed by atoms with Crippen molar-refractivity contribution in [3.8, 4) is 5.75 Å². The van der Waals surface area contributed by atoms with Gasteiger partial charge in [0.15, 0.2) is 0 Å². The van der Waals surface area contributed by atoms with Crippen LogP contribution in [0, 0.1) is 0 Å². The van der Waals surface area contributed by atoms with Crippen molar-refractivity contribution in [2.75, 3.05) is 19.6 Å². The summed E-state index contributed by atoms with van der Waals surface area (Å²) in [6, 6.07) is 14.8. The summed E-state index contributed by atoms with van der Waals surface area (Å²) >= 11 is 0. The van der Waals surface area contributed by atoms with E-state index in [9.17, 15) is 13.2 Å². The molecule has 0 amide bonds. The quantitative estimate of drug-likeness (QED) is 0.769. The van der Waals surface area contributed by atoms with Crippen LogP contribution in [0.25, 0.3) is 0 Å². The van der Waals surface area contributed by atoms with Crippen LogP contribution in [-0.4, -0.2) is 24.5 Å². The predicted molar refractivity (Wildman–Crippen MR) is 86.9 cm³/mol. The molecule has 1 aliphatic rings. The molecular formula is C19H20F3NO. The summed E-state index contributed by atoms with van der Waals surface area (Å²) < 4.78 is 44.6. The first-order valence-electron chi connectivity index (χ1n) is 8.13. The minimum atomic E-state index is -4.36. The van der Waals surface area contributed by atoms with E-state index in [1.807, 2.05) is 30.3 Å². The second kappa shape index (κ2) is 7.26. The average Bonchev–Trinajstić information content (AvgIpc) is 3.08. The summed E-state index contributed by atoms with van der Waals surface area (Å²) in [7, 11) is 0. The molecule has 1 saturated heterocycles. The lowest BCUT2D eigenvalue weighted by Gasteiger charge is -2.25. The molecule has 0 radical (unpaired) electrons. The Labute approximate surface area is 139 Å². The van der Waals surface area contributed by atoms with Crippen molar-refractivity contribution < 1.29 is 17.9 Å². The first-order chi connectivity index (χ1) is 11.5. The van der Waals surface area contributed by atoms with Gasteiger partial charge in [-0.3, -0.25) is 4.90 Å². The van der Waals surface area contributed by atoms with Crippen LogP contribution in [0.2, 0.25) is 0 Å². The third-order valence-electron chi connectivity index (χ3n) is 4.23. The fourth-order valence-corrected chi connectivity index (χ4v) is 2.99. The molecule has 1 atom stereocenters. The number of ether oxygens (including phenoxy) is 1. The number of benzene rings is 2. The van der Waals surface area contributed by atoms with Crippen molar-refractivity contribution in [3.05, 3.63) is 65.7 Å². The number of rotatable bonds is 5. The molecule has 5 heteroatoms. The maximum atomic E-state index is 12.9. The predicted octanol–water partition coefficient (Wildman–Crippen LogP) is 4.92. The lowest BCUT2D eigenvalue weighted by Crippen LogP contribution is -2.28. The maximum absolute atomic E-state index is 12.9. The fourth-order valence-electron chi connectivity index (χ4n) is 2.99. The third-order valence-corrected chi connectivity index (χ3v) is 4.23. The van der Waals surface area contributed by atoms with Crippen molar-refractivity contribution in [1.29, 1.82) is 0 Å². The molecule has 0 aliphatic carbocycles. The van der Waals surface area contributed by atoms with Crippen molar-refractivity contribution in [2.24, 2.45) is 0 Å². The molecular weight excluding hydrogens is 315 g/mol. The van der Waals surface area contributed by atoms with E-state index >= 15 is 0 Å². The van der Waals surface area contributed by atoms with Gasteiger partial charge >= 0.3 is 6.18 Å². The van der Waals surface area contributed by atoms with Crippen molar-refractivity contribution in [3.63, 3.8) is 0 Å². The normalized spacial score (nSPS) is 17.0. The molecule has 0 N–H and O–H groups in total. The molecule has 2 aromatic rings. The highest BCUT2D eigenvalue weighted by Gasteiger charge is 2.31. The van der Waals surface area contributed by atoms with E-state index in [0.29, 0.717) is 6.54 Å². The topological polar surface area (TPSA) is 12.5 Å². The Hall–Kier alpha value is -2.01. The molecule has 1 heterocycles.